The molecule has 0 saturated heterocycles. The minimum Gasteiger partial charge on any atom is -0.478 e. The topological polar surface area (TPSA) is 89.1 Å². The van der Waals surface area contributed by atoms with E-state index in [0.717, 1.165) is 10.4 Å². The van der Waals surface area contributed by atoms with Gasteiger partial charge in [-0.3, -0.25) is 0 Å². The van der Waals surface area contributed by atoms with Crippen LogP contribution >= 0.6 is 11.3 Å². The van der Waals surface area contributed by atoms with Crippen molar-refractivity contribution < 1.29 is 9.90 Å². The van der Waals surface area contributed by atoms with Gasteiger partial charge in [-0.15, -0.1) is 11.3 Å². The summed E-state index contributed by atoms with van der Waals surface area (Å²) in [6.45, 7) is 0. The van der Waals surface area contributed by atoms with Crippen LogP contribution in [0.15, 0.2) is 48.7 Å². The first kappa shape index (κ1) is 13.3. The summed E-state index contributed by atoms with van der Waals surface area (Å²) >= 11 is 1.38. The Morgan fingerprint density at radius 2 is 1.95 bits per heavy atom. The van der Waals surface area contributed by atoms with Gasteiger partial charge in [-0.2, -0.15) is 0 Å². The summed E-state index contributed by atoms with van der Waals surface area (Å²) in [4.78, 5) is 20.9. The molecule has 3 aromatic rings. The number of carboxylic acids is 1. The summed E-state index contributed by atoms with van der Waals surface area (Å²) in [5.41, 5.74) is 7.33. The van der Waals surface area contributed by atoms with E-state index in [4.69, 9.17) is 5.73 Å². The number of rotatable bonds is 3. The lowest BCUT2D eigenvalue weighted by Gasteiger charge is -1.99. The fraction of sp³-hybridized carbons (Fsp3) is 0. The number of nitrogen functional groups attached to an aromatic ring is 1. The van der Waals surface area contributed by atoms with Crippen molar-refractivity contribution in [2.24, 2.45) is 0 Å². The third-order valence-corrected chi connectivity index (χ3v) is 4.13. The summed E-state index contributed by atoms with van der Waals surface area (Å²) in [6.07, 6.45) is 1.56. The van der Waals surface area contributed by atoms with Crippen molar-refractivity contribution in [3.63, 3.8) is 0 Å². The maximum atomic E-state index is 11.5. The molecule has 0 bridgehead atoms. The van der Waals surface area contributed by atoms with Crippen molar-refractivity contribution in [3.8, 4) is 21.0 Å². The lowest BCUT2D eigenvalue weighted by Crippen LogP contribution is -1.96. The van der Waals surface area contributed by atoms with Crippen LogP contribution in [0.2, 0.25) is 0 Å². The number of carbonyl (C=O) groups is 1. The van der Waals surface area contributed by atoms with Crippen LogP contribution in [0, 0.1) is 0 Å². The van der Waals surface area contributed by atoms with Crippen LogP contribution in [-0.4, -0.2) is 21.0 Å². The molecule has 0 fully saturated rings. The largest absolute Gasteiger partial charge is 0.478 e. The predicted molar refractivity (Wildman–Crippen MR) is 82.2 cm³/mol. The summed E-state index contributed by atoms with van der Waals surface area (Å²) in [7, 11) is 0. The van der Waals surface area contributed by atoms with E-state index in [1.54, 1.807) is 18.3 Å². The van der Waals surface area contributed by atoms with Gasteiger partial charge in [0.05, 0.1) is 16.1 Å². The van der Waals surface area contributed by atoms with Gasteiger partial charge in [0.2, 0.25) is 5.95 Å². The van der Waals surface area contributed by atoms with Crippen LogP contribution in [0.4, 0.5) is 5.95 Å². The van der Waals surface area contributed by atoms with Crippen LogP contribution in [-0.2, 0) is 0 Å². The highest BCUT2D eigenvalue weighted by molar-refractivity contribution is 7.19. The Kier molecular flexibility index (Phi) is 3.37. The number of nitrogens with zero attached hydrogens (tertiary/aromatic N) is 2. The minimum atomic E-state index is -0.960. The first-order valence-corrected chi connectivity index (χ1v) is 6.98. The molecule has 0 spiro atoms. The van der Waals surface area contributed by atoms with Crippen molar-refractivity contribution >= 4 is 23.3 Å². The smallest absolute Gasteiger partial charge is 0.337 e. The van der Waals surface area contributed by atoms with E-state index >= 15 is 0 Å². The second kappa shape index (κ2) is 5.34. The van der Waals surface area contributed by atoms with Gasteiger partial charge in [0, 0.05) is 11.1 Å². The number of anilines is 1. The van der Waals surface area contributed by atoms with Crippen molar-refractivity contribution in [1.82, 2.24) is 9.97 Å². The number of benzene rings is 1. The molecule has 21 heavy (non-hydrogen) atoms. The summed E-state index contributed by atoms with van der Waals surface area (Å²) in [5.74, 6) is -0.794. The Hall–Kier alpha value is -2.73. The minimum absolute atomic E-state index is 0.166. The Bertz CT molecular complexity index is 800. The number of hydrogen-bond donors (Lipinski definition) is 2. The average molecular weight is 297 g/mol. The predicted octanol–water partition coefficient (Wildman–Crippen LogP) is 3.15. The van der Waals surface area contributed by atoms with Crippen molar-refractivity contribution in [2.75, 3.05) is 5.73 Å². The highest BCUT2D eigenvalue weighted by atomic mass is 32.1. The molecule has 0 unspecified atom stereocenters. The standard InChI is InChI=1S/C15H11N3O2S/c16-15-17-7-6-11(18-15)12-8-10(14(19)20)13(21-12)9-4-2-1-3-5-9/h1-8H,(H,19,20)(H2,16,17,18). The number of hydrogen-bond acceptors (Lipinski definition) is 5. The van der Waals surface area contributed by atoms with Gasteiger partial charge in [0.15, 0.2) is 0 Å². The van der Waals surface area contributed by atoms with E-state index in [1.165, 1.54) is 11.3 Å². The molecule has 2 aromatic heterocycles. The maximum absolute atomic E-state index is 11.5. The first-order valence-electron chi connectivity index (χ1n) is 6.16. The molecule has 0 aliphatic heterocycles. The van der Waals surface area contributed by atoms with Crippen LogP contribution in [0.25, 0.3) is 21.0 Å². The molecule has 6 heteroatoms. The van der Waals surface area contributed by atoms with Gasteiger partial charge in [-0.25, -0.2) is 14.8 Å². The zero-order valence-corrected chi connectivity index (χ0v) is 11.7. The molecule has 104 valence electrons. The summed E-state index contributed by atoms with van der Waals surface area (Å²) in [5, 5.41) is 9.39. The summed E-state index contributed by atoms with van der Waals surface area (Å²) in [6, 6.07) is 12.8. The van der Waals surface area contributed by atoms with E-state index < -0.39 is 5.97 Å². The number of thiophene rings is 1. The number of aromatic nitrogens is 2. The quantitative estimate of drug-likeness (QED) is 0.775. The molecule has 3 N–H and O–H groups in total. The third-order valence-electron chi connectivity index (χ3n) is 2.93. The monoisotopic (exact) mass is 297 g/mol. The van der Waals surface area contributed by atoms with Gasteiger partial charge < -0.3 is 10.8 Å². The first-order chi connectivity index (χ1) is 10.1. The Morgan fingerprint density at radius 3 is 2.62 bits per heavy atom. The van der Waals surface area contributed by atoms with Crippen LogP contribution < -0.4 is 5.73 Å². The van der Waals surface area contributed by atoms with E-state index in [2.05, 4.69) is 9.97 Å². The zero-order valence-electron chi connectivity index (χ0n) is 10.9. The molecule has 1 aromatic carbocycles. The summed E-state index contributed by atoms with van der Waals surface area (Å²) < 4.78 is 0. The average Bonchev–Trinajstić information content (AvgIpc) is 2.93. The molecule has 0 radical (unpaired) electrons. The van der Waals surface area contributed by atoms with Crippen molar-refractivity contribution in [3.05, 3.63) is 54.2 Å². The molecule has 5 nitrogen and oxygen atoms in total. The Labute approximate surface area is 124 Å². The van der Waals surface area contributed by atoms with E-state index in [-0.39, 0.29) is 11.5 Å². The highest BCUT2D eigenvalue weighted by Crippen LogP contribution is 2.37. The Balaban J connectivity index is 2.15. The van der Waals surface area contributed by atoms with Gasteiger partial charge in [-0.05, 0) is 17.7 Å². The number of aromatic carboxylic acids is 1. The fourth-order valence-corrected chi connectivity index (χ4v) is 3.12. The zero-order chi connectivity index (χ0) is 14.8. The molecule has 3 rings (SSSR count). The second-order valence-electron chi connectivity index (χ2n) is 4.32. The molecule has 0 atom stereocenters. The van der Waals surface area contributed by atoms with Gasteiger partial charge in [-0.1, -0.05) is 30.3 Å². The molecule has 0 saturated carbocycles. The van der Waals surface area contributed by atoms with E-state index in [0.29, 0.717) is 10.6 Å². The molecular formula is C15H11N3O2S. The number of nitrogens with two attached hydrogens (primary N) is 1. The molecule has 0 aliphatic rings. The fourth-order valence-electron chi connectivity index (χ4n) is 1.99. The van der Waals surface area contributed by atoms with Crippen LogP contribution in [0.1, 0.15) is 10.4 Å². The lowest BCUT2D eigenvalue weighted by molar-refractivity contribution is 0.0698. The lowest BCUT2D eigenvalue weighted by atomic mass is 10.1. The second-order valence-corrected chi connectivity index (χ2v) is 5.38. The molecule has 0 amide bonds. The normalized spacial score (nSPS) is 10.5. The number of carboxylic acid groups (broad SMARTS) is 1. The van der Waals surface area contributed by atoms with Crippen molar-refractivity contribution in [2.45, 2.75) is 0 Å². The highest BCUT2D eigenvalue weighted by Gasteiger charge is 2.18. The molecule has 2 heterocycles. The Morgan fingerprint density at radius 1 is 1.19 bits per heavy atom. The SMILES string of the molecule is Nc1nccc(-c2cc(C(=O)O)c(-c3ccccc3)s2)n1. The third kappa shape index (κ3) is 2.61. The van der Waals surface area contributed by atoms with Gasteiger partial charge in [0.1, 0.15) is 0 Å². The van der Waals surface area contributed by atoms with E-state index in [1.807, 2.05) is 30.3 Å². The molecular weight excluding hydrogens is 286 g/mol. The van der Waals surface area contributed by atoms with Gasteiger partial charge in [0.25, 0.3) is 0 Å². The van der Waals surface area contributed by atoms with Crippen LogP contribution in [0.3, 0.4) is 0 Å². The van der Waals surface area contributed by atoms with Gasteiger partial charge >= 0.3 is 5.97 Å². The van der Waals surface area contributed by atoms with E-state index in [9.17, 15) is 9.90 Å². The van der Waals surface area contributed by atoms with Crippen LogP contribution in [0.5, 0.6) is 0 Å². The molecule has 0 aliphatic carbocycles. The maximum Gasteiger partial charge on any atom is 0.337 e. The van der Waals surface area contributed by atoms with Crippen molar-refractivity contribution in [1.29, 1.82) is 0 Å².